The number of nitrogens with zero attached hydrogens (tertiary/aromatic N) is 2. The van der Waals surface area contributed by atoms with Gasteiger partial charge in [-0.15, -0.1) is 24.0 Å². The predicted molar refractivity (Wildman–Crippen MR) is 93.5 cm³/mol. The summed E-state index contributed by atoms with van der Waals surface area (Å²) in [6.07, 6.45) is 2.90. The highest BCUT2D eigenvalue weighted by Gasteiger charge is 2.34. The summed E-state index contributed by atoms with van der Waals surface area (Å²) in [6, 6.07) is 10.2. The first-order valence-electron chi connectivity index (χ1n) is 6.81. The summed E-state index contributed by atoms with van der Waals surface area (Å²) in [5.41, 5.74) is 0.662. The van der Waals surface area contributed by atoms with Crippen molar-refractivity contribution in [3.63, 3.8) is 0 Å². The van der Waals surface area contributed by atoms with E-state index >= 15 is 0 Å². The first-order chi connectivity index (χ1) is 9.09. The van der Waals surface area contributed by atoms with E-state index in [9.17, 15) is 5.11 Å². The van der Waals surface area contributed by atoms with E-state index in [4.69, 9.17) is 0 Å². The van der Waals surface area contributed by atoms with Crippen LogP contribution in [0, 0.1) is 0 Å². The number of hydrogen-bond donors (Lipinski definition) is 2. The van der Waals surface area contributed by atoms with E-state index in [2.05, 4.69) is 22.4 Å². The minimum Gasteiger partial charge on any atom is -0.388 e. The van der Waals surface area contributed by atoms with Crippen molar-refractivity contribution in [2.24, 2.45) is 4.99 Å². The molecule has 4 nitrogen and oxygen atoms in total. The molecule has 5 heteroatoms. The monoisotopic (exact) mass is 389 g/mol. The molecule has 0 unspecified atom stereocenters. The van der Waals surface area contributed by atoms with Crippen molar-refractivity contribution in [2.75, 3.05) is 20.6 Å². The zero-order valence-electron chi connectivity index (χ0n) is 12.2. The highest BCUT2D eigenvalue weighted by atomic mass is 127. The van der Waals surface area contributed by atoms with Crippen LogP contribution in [0.2, 0.25) is 0 Å². The van der Waals surface area contributed by atoms with Crippen LogP contribution in [0.4, 0.5) is 0 Å². The molecular formula is C15H24IN3O. The van der Waals surface area contributed by atoms with Gasteiger partial charge in [-0.05, 0) is 24.8 Å². The van der Waals surface area contributed by atoms with Crippen molar-refractivity contribution in [3.8, 4) is 0 Å². The highest BCUT2D eigenvalue weighted by Crippen LogP contribution is 2.30. The quantitative estimate of drug-likeness (QED) is 0.472. The molecule has 1 fully saturated rings. The van der Waals surface area contributed by atoms with Crippen molar-refractivity contribution in [1.82, 2.24) is 10.2 Å². The van der Waals surface area contributed by atoms with Crippen LogP contribution in [0.3, 0.4) is 0 Å². The third-order valence-corrected chi connectivity index (χ3v) is 3.54. The molecule has 0 spiro atoms. The van der Waals surface area contributed by atoms with Gasteiger partial charge in [0.05, 0.1) is 12.1 Å². The molecule has 2 N–H and O–H groups in total. The Bertz CT molecular complexity index is 430. The maximum atomic E-state index is 10.1. The molecule has 0 aliphatic heterocycles. The van der Waals surface area contributed by atoms with Crippen LogP contribution in [-0.4, -0.2) is 42.2 Å². The summed E-state index contributed by atoms with van der Waals surface area (Å²) in [5, 5.41) is 13.3. The van der Waals surface area contributed by atoms with Crippen molar-refractivity contribution in [3.05, 3.63) is 35.9 Å². The maximum absolute atomic E-state index is 10.1. The van der Waals surface area contributed by atoms with Crippen molar-refractivity contribution in [1.29, 1.82) is 0 Å². The third kappa shape index (κ3) is 4.94. The minimum atomic E-state index is -0.524. The molecule has 1 aromatic carbocycles. The molecule has 0 heterocycles. The van der Waals surface area contributed by atoms with Gasteiger partial charge in [0.25, 0.3) is 0 Å². The number of aliphatic imine (C=N–C) groups is 1. The smallest absolute Gasteiger partial charge is 0.193 e. The summed E-state index contributed by atoms with van der Waals surface area (Å²) in [6.45, 7) is 1.23. The normalized spacial score (nSPS) is 16.9. The summed E-state index contributed by atoms with van der Waals surface area (Å²) in [7, 11) is 3.92. The van der Waals surface area contributed by atoms with Crippen LogP contribution >= 0.6 is 24.0 Å². The lowest BCUT2D eigenvalue weighted by Crippen LogP contribution is -2.50. The van der Waals surface area contributed by atoms with E-state index in [1.807, 2.05) is 37.2 Å². The topological polar surface area (TPSA) is 47.9 Å². The number of halogens is 1. The lowest BCUT2D eigenvalue weighted by Gasteiger charge is -2.37. The number of benzene rings is 1. The molecular weight excluding hydrogens is 365 g/mol. The van der Waals surface area contributed by atoms with E-state index < -0.39 is 5.60 Å². The van der Waals surface area contributed by atoms with Gasteiger partial charge in [0.15, 0.2) is 5.96 Å². The lowest BCUT2D eigenvalue weighted by molar-refractivity contribution is -0.0281. The van der Waals surface area contributed by atoms with Crippen LogP contribution < -0.4 is 5.32 Å². The SMILES string of the molecule is CN(C)C(=NCc1ccccc1)NCC1(O)CCC1.I. The molecule has 0 bridgehead atoms. The standard InChI is InChI=1S/C15H23N3O.HI/c1-18(2)14(17-12-15(19)9-6-10-15)16-11-13-7-4-3-5-8-13;/h3-5,7-8,19H,6,9-12H2,1-2H3,(H,16,17);1H. The first-order valence-corrected chi connectivity index (χ1v) is 6.81. The summed E-state index contributed by atoms with van der Waals surface area (Å²) >= 11 is 0. The molecule has 0 radical (unpaired) electrons. The minimum absolute atomic E-state index is 0. The Morgan fingerprint density at radius 1 is 1.30 bits per heavy atom. The fourth-order valence-corrected chi connectivity index (χ4v) is 2.11. The second-order valence-corrected chi connectivity index (χ2v) is 5.45. The van der Waals surface area contributed by atoms with Gasteiger partial charge in [0.1, 0.15) is 0 Å². The Hall–Kier alpha value is -0.820. The third-order valence-electron chi connectivity index (χ3n) is 3.54. The second-order valence-electron chi connectivity index (χ2n) is 5.45. The van der Waals surface area contributed by atoms with Crippen LogP contribution in [0.15, 0.2) is 35.3 Å². The highest BCUT2D eigenvalue weighted by molar-refractivity contribution is 14.0. The van der Waals surface area contributed by atoms with Gasteiger partial charge in [-0.25, -0.2) is 4.99 Å². The van der Waals surface area contributed by atoms with Crippen molar-refractivity contribution in [2.45, 2.75) is 31.4 Å². The molecule has 0 atom stereocenters. The van der Waals surface area contributed by atoms with Gasteiger partial charge in [-0.3, -0.25) is 0 Å². The number of aliphatic hydroxyl groups is 1. The molecule has 1 aliphatic rings. The lowest BCUT2D eigenvalue weighted by atomic mass is 9.80. The average Bonchev–Trinajstić information content (AvgIpc) is 2.37. The van der Waals surface area contributed by atoms with Gasteiger partial charge < -0.3 is 15.3 Å². The zero-order chi connectivity index (χ0) is 13.7. The molecule has 2 rings (SSSR count). The largest absolute Gasteiger partial charge is 0.388 e. The number of nitrogens with one attached hydrogen (secondary N) is 1. The average molecular weight is 389 g/mol. The van der Waals surface area contributed by atoms with E-state index in [0.29, 0.717) is 13.1 Å². The Morgan fingerprint density at radius 3 is 2.45 bits per heavy atom. The number of rotatable bonds is 4. The van der Waals surface area contributed by atoms with Crippen LogP contribution in [0.1, 0.15) is 24.8 Å². The molecule has 0 aromatic heterocycles. The van der Waals surface area contributed by atoms with E-state index in [-0.39, 0.29) is 24.0 Å². The zero-order valence-corrected chi connectivity index (χ0v) is 14.5. The molecule has 112 valence electrons. The number of hydrogen-bond acceptors (Lipinski definition) is 2. The molecule has 0 amide bonds. The Kier molecular flexibility index (Phi) is 6.75. The molecule has 1 saturated carbocycles. The summed E-state index contributed by atoms with van der Waals surface area (Å²) in [4.78, 5) is 6.52. The van der Waals surface area contributed by atoms with Crippen LogP contribution in [-0.2, 0) is 6.54 Å². The van der Waals surface area contributed by atoms with Gasteiger partial charge in [-0.2, -0.15) is 0 Å². The van der Waals surface area contributed by atoms with E-state index in [0.717, 1.165) is 25.2 Å². The van der Waals surface area contributed by atoms with Gasteiger partial charge in [0, 0.05) is 20.6 Å². The van der Waals surface area contributed by atoms with Gasteiger partial charge >= 0.3 is 0 Å². The van der Waals surface area contributed by atoms with E-state index in [1.54, 1.807) is 0 Å². The van der Waals surface area contributed by atoms with Crippen LogP contribution in [0.25, 0.3) is 0 Å². The van der Waals surface area contributed by atoms with Crippen molar-refractivity contribution >= 4 is 29.9 Å². The summed E-state index contributed by atoms with van der Waals surface area (Å²) in [5.74, 6) is 0.823. The van der Waals surface area contributed by atoms with Crippen LogP contribution in [0.5, 0.6) is 0 Å². The molecule has 0 saturated heterocycles. The Morgan fingerprint density at radius 2 is 1.95 bits per heavy atom. The van der Waals surface area contributed by atoms with Gasteiger partial charge in [0.2, 0.25) is 0 Å². The first kappa shape index (κ1) is 17.2. The van der Waals surface area contributed by atoms with Crippen molar-refractivity contribution < 1.29 is 5.11 Å². The second kappa shape index (κ2) is 7.83. The maximum Gasteiger partial charge on any atom is 0.193 e. The molecule has 20 heavy (non-hydrogen) atoms. The summed E-state index contributed by atoms with van der Waals surface area (Å²) < 4.78 is 0. The number of guanidine groups is 1. The fraction of sp³-hybridized carbons (Fsp3) is 0.533. The fourth-order valence-electron chi connectivity index (χ4n) is 2.11. The Labute approximate surface area is 138 Å². The predicted octanol–water partition coefficient (Wildman–Crippen LogP) is 2.23. The molecule has 1 aromatic rings. The Balaban J connectivity index is 0.00000200. The molecule has 1 aliphatic carbocycles. The van der Waals surface area contributed by atoms with E-state index in [1.165, 1.54) is 5.56 Å². The van der Waals surface area contributed by atoms with Gasteiger partial charge in [-0.1, -0.05) is 30.3 Å².